The Morgan fingerprint density at radius 3 is 2.47 bits per heavy atom. The first-order chi connectivity index (χ1) is 15.1. The molecule has 2 aliphatic rings. The molecule has 4 nitrogen and oxygen atoms in total. The molecule has 0 unspecified atom stereocenters. The Morgan fingerprint density at radius 1 is 1.00 bits per heavy atom. The van der Waals surface area contributed by atoms with E-state index in [9.17, 15) is 9.59 Å². The number of hydrogen-bond donors (Lipinski definition) is 1. The van der Waals surface area contributed by atoms with Gasteiger partial charge in [0.25, 0.3) is 5.91 Å². The van der Waals surface area contributed by atoms with E-state index in [1.807, 2.05) is 37.3 Å². The average Bonchev–Trinajstić information content (AvgIpc) is 3.16. The van der Waals surface area contributed by atoms with E-state index in [-0.39, 0.29) is 30.3 Å². The number of nitrogens with one attached hydrogen (secondary N) is 1. The highest BCUT2D eigenvalue weighted by Gasteiger charge is 2.37. The summed E-state index contributed by atoms with van der Waals surface area (Å²) in [6.45, 7) is 2.50. The lowest BCUT2D eigenvalue weighted by Gasteiger charge is -2.36. The topological polar surface area (TPSA) is 49.4 Å². The number of fused-ring (bicyclic) bond motifs is 3. The Bertz CT molecular complexity index is 1120. The van der Waals surface area contributed by atoms with Crippen LogP contribution >= 0.6 is 23.7 Å². The molecule has 168 valence electrons. The fourth-order valence-electron chi connectivity index (χ4n) is 4.92. The maximum absolute atomic E-state index is 13.5. The molecule has 2 heterocycles. The van der Waals surface area contributed by atoms with Crippen molar-refractivity contribution in [3.05, 3.63) is 70.1 Å². The lowest BCUT2D eigenvalue weighted by atomic mass is 9.93. The monoisotopic (exact) mass is 468 g/mol. The van der Waals surface area contributed by atoms with Gasteiger partial charge in [-0.1, -0.05) is 55.2 Å². The van der Waals surface area contributed by atoms with Crippen LogP contribution in [0.3, 0.4) is 0 Å². The van der Waals surface area contributed by atoms with Crippen molar-refractivity contribution in [2.24, 2.45) is 0 Å². The van der Waals surface area contributed by atoms with Gasteiger partial charge in [0.05, 0.1) is 6.54 Å². The number of carbonyl (C=O) groups is 2. The van der Waals surface area contributed by atoms with E-state index in [0.29, 0.717) is 18.5 Å². The number of amides is 2. The third kappa shape index (κ3) is 4.41. The molecular formula is C26H29ClN2O2S. The van der Waals surface area contributed by atoms with Crippen LogP contribution in [0.5, 0.6) is 0 Å². The van der Waals surface area contributed by atoms with E-state index in [4.69, 9.17) is 0 Å². The lowest BCUT2D eigenvalue weighted by Crippen LogP contribution is -2.54. The van der Waals surface area contributed by atoms with Crippen molar-refractivity contribution in [1.82, 2.24) is 10.2 Å². The van der Waals surface area contributed by atoms with Gasteiger partial charge in [-0.15, -0.1) is 23.7 Å². The minimum absolute atomic E-state index is 0. The van der Waals surface area contributed by atoms with Gasteiger partial charge in [-0.25, -0.2) is 0 Å². The summed E-state index contributed by atoms with van der Waals surface area (Å²) in [6, 6.07) is 15.8. The molecule has 1 atom stereocenters. The lowest BCUT2D eigenvalue weighted by molar-refractivity contribution is -0.127. The number of hydrogen-bond acceptors (Lipinski definition) is 3. The van der Waals surface area contributed by atoms with Crippen molar-refractivity contribution in [2.75, 3.05) is 0 Å². The third-order valence-electron chi connectivity index (χ3n) is 6.68. The fraction of sp³-hybridized carbons (Fsp3) is 0.385. The third-order valence-corrected chi connectivity index (χ3v) is 7.88. The molecule has 0 bridgehead atoms. The van der Waals surface area contributed by atoms with Crippen molar-refractivity contribution < 1.29 is 9.59 Å². The molecule has 0 radical (unpaired) electrons. The Labute approximate surface area is 199 Å². The SMILES string of the molecule is Cc1ccc(C(=O)N2Cc3sc4ccccc4c3C[C@@H]2C(=O)NC2CCCCC2)cc1.Cl. The van der Waals surface area contributed by atoms with Crippen LogP contribution in [0.1, 0.15) is 58.5 Å². The summed E-state index contributed by atoms with van der Waals surface area (Å²) in [5.41, 5.74) is 3.00. The van der Waals surface area contributed by atoms with Crippen molar-refractivity contribution >= 4 is 45.6 Å². The first-order valence-corrected chi connectivity index (χ1v) is 12.1. The van der Waals surface area contributed by atoms with Crippen LogP contribution in [0, 0.1) is 6.92 Å². The summed E-state index contributed by atoms with van der Waals surface area (Å²) in [5.74, 6) is -0.0693. The average molecular weight is 469 g/mol. The summed E-state index contributed by atoms with van der Waals surface area (Å²) in [5, 5.41) is 4.50. The molecule has 0 spiro atoms. The van der Waals surface area contributed by atoms with E-state index in [1.54, 1.807) is 16.2 Å². The molecular weight excluding hydrogens is 440 g/mol. The van der Waals surface area contributed by atoms with Crippen LogP contribution in [0.25, 0.3) is 10.1 Å². The van der Waals surface area contributed by atoms with Crippen LogP contribution in [0.4, 0.5) is 0 Å². The van der Waals surface area contributed by atoms with Gasteiger partial charge in [0, 0.05) is 27.6 Å². The number of benzene rings is 2. The first-order valence-electron chi connectivity index (χ1n) is 11.3. The van der Waals surface area contributed by atoms with Gasteiger partial charge in [0.1, 0.15) is 6.04 Å². The zero-order valence-electron chi connectivity index (χ0n) is 18.3. The minimum Gasteiger partial charge on any atom is -0.352 e. The molecule has 2 amide bonds. The van der Waals surface area contributed by atoms with Crippen LogP contribution in [-0.4, -0.2) is 28.8 Å². The summed E-state index contributed by atoms with van der Waals surface area (Å²) in [7, 11) is 0. The van der Waals surface area contributed by atoms with E-state index in [1.165, 1.54) is 39.8 Å². The highest BCUT2D eigenvalue weighted by molar-refractivity contribution is 7.19. The second kappa shape index (κ2) is 9.63. The predicted octanol–water partition coefficient (Wildman–Crippen LogP) is 5.65. The number of aryl methyl sites for hydroxylation is 1. The van der Waals surface area contributed by atoms with Crippen LogP contribution in [0.2, 0.25) is 0 Å². The van der Waals surface area contributed by atoms with Crippen LogP contribution in [0.15, 0.2) is 48.5 Å². The molecule has 32 heavy (non-hydrogen) atoms. The second-order valence-corrected chi connectivity index (χ2v) is 10.00. The van der Waals surface area contributed by atoms with Crippen molar-refractivity contribution in [2.45, 2.75) is 64.1 Å². The number of halogens is 1. The Hall–Kier alpha value is -2.37. The van der Waals surface area contributed by atoms with Crippen molar-refractivity contribution in [1.29, 1.82) is 0 Å². The van der Waals surface area contributed by atoms with Crippen molar-refractivity contribution in [3.63, 3.8) is 0 Å². The molecule has 0 saturated heterocycles. The fourth-order valence-corrected chi connectivity index (χ4v) is 6.16. The van der Waals surface area contributed by atoms with Gasteiger partial charge in [-0.3, -0.25) is 9.59 Å². The zero-order chi connectivity index (χ0) is 21.4. The zero-order valence-corrected chi connectivity index (χ0v) is 19.9. The molecule has 5 rings (SSSR count). The van der Waals surface area contributed by atoms with Gasteiger partial charge in [0.2, 0.25) is 5.91 Å². The molecule has 1 fully saturated rings. The number of carbonyl (C=O) groups excluding carboxylic acids is 2. The highest BCUT2D eigenvalue weighted by atomic mass is 35.5. The number of nitrogens with zero attached hydrogens (tertiary/aromatic N) is 1. The Kier molecular flexibility index (Phi) is 6.87. The normalized spacial score (nSPS) is 18.7. The van der Waals surface area contributed by atoms with Gasteiger partial charge in [0.15, 0.2) is 0 Å². The summed E-state index contributed by atoms with van der Waals surface area (Å²) < 4.78 is 1.23. The Balaban J connectivity index is 0.00000245. The molecule has 1 aliphatic carbocycles. The van der Waals surface area contributed by atoms with Gasteiger partial charge < -0.3 is 10.2 Å². The largest absolute Gasteiger partial charge is 0.352 e. The van der Waals surface area contributed by atoms with Crippen molar-refractivity contribution in [3.8, 4) is 0 Å². The van der Waals surface area contributed by atoms with Gasteiger partial charge in [-0.05, 0) is 48.9 Å². The molecule has 1 aromatic heterocycles. The highest BCUT2D eigenvalue weighted by Crippen LogP contribution is 2.37. The van der Waals surface area contributed by atoms with E-state index in [0.717, 1.165) is 18.4 Å². The first kappa shape index (κ1) is 22.8. The van der Waals surface area contributed by atoms with E-state index in [2.05, 4.69) is 23.5 Å². The van der Waals surface area contributed by atoms with Gasteiger partial charge in [-0.2, -0.15) is 0 Å². The quantitative estimate of drug-likeness (QED) is 0.540. The van der Waals surface area contributed by atoms with E-state index >= 15 is 0 Å². The Morgan fingerprint density at radius 2 is 1.72 bits per heavy atom. The summed E-state index contributed by atoms with van der Waals surface area (Å²) >= 11 is 1.74. The summed E-state index contributed by atoms with van der Waals surface area (Å²) in [4.78, 5) is 29.9. The second-order valence-electron chi connectivity index (χ2n) is 8.86. The standard InChI is InChI=1S/C26H28N2O2S.ClH/c1-17-11-13-18(14-12-17)26(30)28-16-24-21(20-9-5-6-10-23(20)31-24)15-22(28)25(29)27-19-7-3-2-4-8-19;/h5-6,9-14,19,22H,2-4,7-8,15-16H2,1H3,(H,27,29);1H/t22-;/m1./s1. The molecule has 6 heteroatoms. The van der Waals surface area contributed by atoms with Gasteiger partial charge >= 0.3 is 0 Å². The van der Waals surface area contributed by atoms with Crippen LogP contribution in [-0.2, 0) is 17.8 Å². The smallest absolute Gasteiger partial charge is 0.254 e. The predicted molar refractivity (Wildman–Crippen MR) is 133 cm³/mol. The molecule has 2 aromatic carbocycles. The number of thiophene rings is 1. The molecule has 3 aromatic rings. The molecule has 1 N–H and O–H groups in total. The van der Waals surface area contributed by atoms with E-state index < -0.39 is 6.04 Å². The molecule has 1 aliphatic heterocycles. The summed E-state index contributed by atoms with van der Waals surface area (Å²) in [6.07, 6.45) is 6.24. The number of rotatable bonds is 3. The maximum atomic E-state index is 13.5. The minimum atomic E-state index is -0.471. The maximum Gasteiger partial charge on any atom is 0.254 e. The molecule has 1 saturated carbocycles. The van der Waals surface area contributed by atoms with Crippen LogP contribution < -0.4 is 5.32 Å².